The maximum absolute atomic E-state index is 13.5. The van der Waals surface area contributed by atoms with Crippen LogP contribution < -0.4 is 9.21 Å². The number of nitrogens with zero attached hydrogens (tertiary/aromatic N) is 5. The zero-order valence-electron chi connectivity index (χ0n) is 22.3. The van der Waals surface area contributed by atoms with Crippen molar-refractivity contribution in [2.45, 2.75) is 63.1 Å². The highest BCUT2D eigenvalue weighted by Gasteiger charge is 2.37. The van der Waals surface area contributed by atoms with Crippen LogP contribution in [0.25, 0.3) is 0 Å². The fraction of sp³-hybridized carbons (Fsp3) is 0.444. The van der Waals surface area contributed by atoms with Gasteiger partial charge in [0.05, 0.1) is 16.7 Å². The first kappa shape index (κ1) is 28.6. The van der Waals surface area contributed by atoms with Gasteiger partial charge in [0.15, 0.2) is 5.82 Å². The van der Waals surface area contributed by atoms with E-state index in [0.29, 0.717) is 16.9 Å². The van der Waals surface area contributed by atoms with Gasteiger partial charge in [-0.05, 0) is 46.1 Å². The molecule has 38 heavy (non-hydrogen) atoms. The average Bonchev–Trinajstić information content (AvgIpc) is 3.42. The van der Waals surface area contributed by atoms with Crippen LogP contribution in [0.3, 0.4) is 0 Å². The highest BCUT2D eigenvalue weighted by molar-refractivity contribution is 7.93. The van der Waals surface area contributed by atoms with Gasteiger partial charge in [-0.15, -0.1) is 11.3 Å². The van der Waals surface area contributed by atoms with Crippen molar-refractivity contribution in [1.82, 2.24) is 14.9 Å². The lowest BCUT2D eigenvalue weighted by Crippen LogP contribution is -2.44. The summed E-state index contributed by atoms with van der Waals surface area (Å²) < 4.78 is 20.0. The number of aromatic nitrogens is 2. The van der Waals surface area contributed by atoms with Crippen molar-refractivity contribution >= 4 is 52.0 Å². The first-order chi connectivity index (χ1) is 18.0. The Kier molecular flexibility index (Phi) is 9.20. The van der Waals surface area contributed by atoms with E-state index in [0.717, 1.165) is 30.2 Å². The number of pyridine rings is 1. The largest absolute Gasteiger partial charge is 0.587 e. The van der Waals surface area contributed by atoms with Gasteiger partial charge < -0.3 is 14.2 Å². The molecule has 1 aromatic carbocycles. The third kappa shape index (κ3) is 6.79. The van der Waals surface area contributed by atoms with Crippen LogP contribution in [-0.4, -0.2) is 57.3 Å². The van der Waals surface area contributed by atoms with Crippen molar-refractivity contribution in [3.8, 4) is 0 Å². The number of hydrogen-bond acceptors (Lipinski definition) is 8. The number of benzene rings is 1. The number of anilines is 2. The van der Waals surface area contributed by atoms with Gasteiger partial charge in [-0.25, -0.2) is 14.8 Å². The van der Waals surface area contributed by atoms with Gasteiger partial charge in [0.25, 0.3) is 0 Å². The number of likely N-dealkylation sites (tertiary alicyclic amines) is 1. The molecular formula is C27H34ClN5O3S2. The van der Waals surface area contributed by atoms with Gasteiger partial charge in [0.1, 0.15) is 22.8 Å². The van der Waals surface area contributed by atoms with E-state index in [2.05, 4.69) is 51.0 Å². The van der Waals surface area contributed by atoms with Gasteiger partial charge in [-0.2, -0.15) is 0 Å². The van der Waals surface area contributed by atoms with Crippen LogP contribution in [-0.2, 0) is 16.1 Å². The lowest BCUT2D eigenvalue weighted by Gasteiger charge is -2.40. The fourth-order valence-electron chi connectivity index (χ4n) is 4.51. The summed E-state index contributed by atoms with van der Waals surface area (Å²) in [6, 6.07) is 12.8. The number of rotatable bonds is 7. The summed E-state index contributed by atoms with van der Waals surface area (Å²) in [6.45, 7) is 9.46. The Morgan fingerprint density at radius 3 is 2.50 bits per heavy atom. The van der Waals surface area contributed by atoms with E-state index in [1.807, 2.05) is 13.1 Å². The van der Waals surface area contributed by atoms with Crippen molar-refractivity contribution in [3.63, 3.8) is 0 Å². The number of ether oxygens (including phenoxy) is 1. The van der Waals surface area contributed by atoms with Crippen LogP contribution in [0.15, 0.2) is 58.4 Å². The summed E-state index contributed by atoms with van der Waals surface area (Å²) in [5, 5.41) is 2.02. The topological polar surface area (TPSA) is 84.9 Å². The summed E-state index contributed by atoms with van der Waals surface area (Å²) in [5.41, 5.74) is 2.14. The van der Waals surface area contributed by atoms with Crippen LogP contribution in [0.5, 0.6) is 0 Å². The molecule has 204 valence electrons. The van der Waals surface area contributed by atoms with E-state index >= 15 is 0 Å². The molecule has 3 aromatic rings. The van der Waals surface area contributed by atoms with Crippen molar-refractivity contribution in [2.75, 3.05) is 29.3 Å². The number of thiazole rings is 1. The number of piperidine rings is 1. The second-order valence-electron chi connectivity index (χ2n) is 10.3. The molecular weight excluding hydrogens is 542 g/mol. The number of carbonyl (C=O) groups is 1. The molecule has 0 N–H and O–H groups in total. The first-order valence-corrected chi connectivity index (χ1v) is 15.0. The molecule has 8 nitrogen and oxygen atoms in total. The quantitative estimate of drug-likeness (QED) is 0.305. The molecule has 0 saturated carbocycles. The molecule has 1 saturated heterocycles. The smallest absolute Gasteiger partial charge is 0.458 e. The summed E-state index contributed by atoms with van der Waals surface area (Å²) in [6.07, 6.45) is 2.71. The summed E-state index contributed by atoms with van der Waals surface area (Å²) in [4.78, 5) is 26.5. The molecule has 11 heteroatoms. The van der Waals surface area contributed by atoms with Crippen LogP contribution in [0, 0.1) is 0 Å². The Morgan fingerprint density at radius 2 is 1.92 bits per heavy atom. The lowest BCUT2D eigenvalue weighted by atomic mass is 9.99. The molecule has 1 amide bonds. The molecule has 0 aliphatic carbocycles. The third-order valence-electron chi connectivity index (χ3n) is 6.56. The molecule has 0 spiro atoms. The minimum absolute atomic E-state index is 0.247. The molecule has 2 atom stereocenters. The number of halogens is 1. The van der Waals surface area contributed by atoms with Crippen LogP contribution in [0.1, 0.15) is 52.1 Å². The fourth-order valence-corrected chi connectivity index (χ4v) is 6.47. The second kappa shape index (κ2) is 12.2. The minimum Gasteiger partial charge on any atom is -0.587 e. The van der Waals surface area contributed by atoms with Gasteiger partial charge in [0, 0.05) is 43.7 Å². The van der Waals surface area contributed by atoms with Crippen LogP contribution >= 0.6 is 22.9 Å². The van der Waals surface area contributed by atoms with Crippen molar-refractivity contribution in [1.29, 1.82) is 0 Å². The van der Waals surface area contributed by atoms with E-state index < -0.39 is 23.1 Å². The number of carbonyl (C=O) groups excluding carboxylic acids is 1. The first-order valence-electron chi connectivity index (χ1n) is 12.6. The second-order valence-corrected chi connectivity index (χ2v) is 12.8. The van der Waals surface area contributed by atoms with E-state index in [4.69, 9.17) is 16.3 Å². The van der Waals surface area contributed by atoms with E-state index in [1.54, 1.807) is 37.7 Å². The standard InChI is InChI=1S/C27H34ClN5O3S2/c1-19(20-9-7-6-8-10-20)32-13-11-21(12-14-32)31(5)25-23(28)15-22(16-29-25)38(35)33(24-17-37-18-30-24)26(34)36-27(2,3)4/h6-10,15-19,21H,11-14H2,1-5H3. The zero-order chi connectivity index (χ0) is 27.4. The van der Waals surface area contributed by atoms with Crippen LogP contribution in [0.2, 0.25) is 5.02 Å². The van der Waals surface area contributed by atoms with Gasteiger partial charge in [-0.1, -0.05) is 46.2 Å². The van der Waals surface area contributed by atoms with E-state index in [1.165, 1.54) is 23.1 Å². The minimum atomic E-state index is -1.95. The summed E-state index contributed by atoms with van der Waals surface area (Å²) in [7, 11) is 1.99. The highest BCUT2D eigenvalue weighted by Crippen LogP contribution is 2.33. The van der Waals surface area contributed by atoms with E-state index in [9.17, 15) is 9.35 Å². The van der Waals surface area contributed by atoms with Gasteiger partial charge in [-0.3, -0.25) is 4.90 Å². The van der Waals surface area contributed by atoms with E-state index in [-0.39, 0.29) is 16.8 Å². The maximum Gasteiger partial charge on any atom is 0.458 e. The van der Waals surface area contributed by atoms with Gasteiger partial charge >= 0.3 is 6.09 Å². The number of hydrogen-bond donors (Lipinski definition) is 0. The number of amides is 1. The van der Waals surface area contributed by atoms with Crippen LogP contribution in [0.4, 0.5) is 16.4 Å². The molecule has 2 aromatic heterocycles. The summed E-state index contributed by atoms with van der Waals surface area (Å²) >= 11 is 6.01. The zero-order valence-corrected chi connectivity index (χ0v) is 24.7. The SMILES string of the molecule is CC(c1ccccc1)N1CCC(N(C)c2ncc([S+]([O-])N(C(=O)OC(C)(C)C)c3cscn3)cc2Cl)CC1. The third-order valence-corrected chi connectivity index (χ3v) is 8.71. The Balaban J connectivity index is 1.45. The molecule has 1 aliphatic rings. The molecule has 0 bridgehead atoms. The van der Waals surface area contributed by atoms with Crippen molar-refractivity contribution in [3.05, 3.63) is 64.1 Å². The Bertz CT molecular complexity index is 1200. The predicted molar refractivity (Wildman–Crippen MR) is 154 cm³/mol. The van der Waals surface area contributed by atoms with Crippen molar-refractivity contribution < 1.29 is 14.1 Å². The molecule has 3 heterocycles. The molecule has 0 radical (unpaired) electrons. The Labute approximate surface area is 236 Å². The highest BCUT2D eigenvalue weighted by atomic mass is 35.5. The molecule has 1 aliphatic heterocycles. The predicted octanol–water partition coefficient (Wildman–Crippen LogP) is 6.32. The molecule has 1 fully saturated rings. The molecule has 4 rings (SSSR count). The Morgan fingerprint density at radius 1 is 1.24 bits per heavy atom. The average molecular weight is 576 g/mol. The molecule has 2 unspecified atom stereocenters. The Hall–Kier alpha value is -2.37. The van der Waals surface area contributed by atoms with Gasteiger partial charge in [0.2, 0.25) is 4.90 Å². The lowest BCUT2D eigenvalue weighted by molar-refractivity contribution is 0.0608. The maximum atomic E-state index is 13.5. The monoisotopic (exact) mass is 575 g/mol. The van der Waals surface area contributed by atoms with Crippen molar-refractivity contribution in [2.24, 2.45) is 0 Å². The normalized spacial score (nSPS) is 16.6. The summed E-state index contributed by atoms with van der Waals surface area (Å²) in [5.74, 6) is 0.871.